The summed E-state index contributed by atoms with van der Waals surface area (Å²) in [5, 5.41) is 11.7. The van der Waals surface area contributed by atoms with Gasteiger partial charge in [0.1, 0.15) is 6.04 Å². The van der Waals surface area contributed by atoms with Gasteiger partial charge < -0.3 is 15.3 Å². The van der Waals surface area contributed by atoms with Crippen molar-refractivity contribution in [3.63, 3.8) is 0 Å². The van der Waals surface area contributed by atoms with Gasteiger partial charge in [0.2, 0.25) is 11.8 Å². The van der Waals surface area contributed by atoms with Crippen molar-refractivity contribution in [3.05, 3.63) is 29.8 Å². The zero-order valence-corrected chi connectivity index (χ0v) is 13.6. The van der Waals surface area contributed by atoms with Crippen molar-refractivity contribution in [1.82, 2.24) is 5.32 Å². The maximum Gasteiger partial charge on any atom is 0.326 e. The molecule has 0 aromatic heterocycles. The van der Waals surface area contributed by atoms with E-state index in [1.807, 2.05) is 31.2 Å². The maximum absolute atomic E-state index is 12.3. The van der Waals surface area contributed by atoms with E-state index in [9.17, 15) is 14.4 Å². The molecule has 2 N–H and O–H groups in total. The van der Waals surface area contributed by atoms with Crippen molar-refractivity contribution in [2.75, 3.05) is 11.4 Å². The summed E-state index contributed by atoms with van der Waals surface area (Å²) in [5.41, 5.74) is 1.85. The molecule has 2 rings (SSSR count). The Morgan fingerprint density at radius 2 is 1.87 bits per heavy atom. The molecule has 0 bridgehead atoms. The van der Waals surface area contributed by atoms with Crippen LogP contribution >= 0.6 is 0 Å². The molecule has 6 heteroatoms. The maximum atomic E-state index is 12.3. The van der Waals surface area contributed by atoms with Crippen LogP contribution in [0.5, 0.6) is 0 Å². The molecule has 124 valence electrons. The molecule has 2 amide bonds. The van der Waals surface area contributed by atoms with Crippen LogP contribution in [0.4, 0.5) is 5.69 Å². The first-order valence-corrected chi connectivity index (χ1v) is 7.69. The van der Waals surface area contributed by atoms with Crippen LogP contribution in [0.15, 0.2) is 24.3 Å². The number of carboxylic acids is 1. The quantitative estimate of drug-likeness (QED) is 0.863. The molecule has 1 aromatic rings. The number of carbonyl (C=O) groups excluding carboxylic acids is 2. The Bertz CT molecular complexity index is 610. The normalized spacial score (nSPS) is 19.0. The third kappa shape index (κ3) is 3.88. The summed E-state index contributed by atoms with van der Waals surface area (Å²) in [6.07, 6.45) is 0.101. The summed E-state index contributed by atoms with van der Waals surface area (Å²) in [4.78, 5) is 37.2. The molecule has 2 unspecified atom stereocenters. The number of aliphatic carboxylic acids is 1. The summed E-state index contributed by atoms with van der Waals surface area (Å²) in [6.45, 7) is 5.71. The molecule has 1 aliphatic rings. The average Bonchev–Trinajstić information content (AvgIpc) is 2.86. The highest BCUT2D eigenvalue weighted by molar-refractivity contribution is 6.00. The van der Waals surface area contributed by atoms with Crippen molar-refractivity contribution in [2.45, 2.75) is 33.2 Å². The molecule has 1 aliphatic heterocycles. The summed E-state index contributed by atoms with van der Waals surface area (Å²) < 4.78 is 0. The van der Waals surface area contributed by atoms with Gasteiger partial charge in [-0.25, -0.2) is 4.79 Å². The topological polar surface area (TPSA) is 86.7 Å². The summed E-state index contributed by atoms with van der Waals surface area (Å²) >= 11 is 0. The molecule has 0 saturated carbocycles. The van der Waals surface area contributed by atoms with Gasteiger partial charge in [-0.15, -0.1) is 0 Å². The monoisotopic (exact) mass is 318 g/mol. The minimum absolute atomic E-state index is 0.101. The van der Waals surface area contributed by atoms with Crippen molar-refractivity contribution in [3.8, 4) is 0 Å². The van der Waals surface area contributed by atoms with Crippen molar-refractivity contribution in [2.24, 2.45) is 11.8 Å². The van der Waals surface area contributed by atoms with Crippen LogP contribution in [-0.2, 0) is 14.4 Å². The number of rotatable bonds is 5. The zero-order valence-electron chi connectivity index (χ0n) is 13.6. The lowest BCUT2D eigenvalue weighted by Crippen LogP contribution is -2.47. The number of carboxylic acid groups (broad SMARTS) is 1. The number of nitrogens with one attached hydrogen (secondary N) is 1. The molecule has 2 atom stereocenters. The van der Waals surface area contributed by atoms with Crippen molar-refractivity contribution in [1.29, 1.82) is 0 Å². The molecular weight excluding hydrogens is 296 g/mol. The van der Waals surface area contributed by atoms with Gasteiger partial charge in [-0.05, 0) is 25.0 Å². The Morgan fingerprint density at radius 3 is 2.39 bits per heavy atom. The number of benzene rings is 1. The lowest BCUT2D eigenvalue weighted by Gasteiger charge is -2.20. The lowest BCUT2D eigenvalue weighted by molar-refractivity contribution is -0.143. The summed E-state index contributed by atoms with van der Waals surface area (Å²) in [7, 11) is 0. The van der Waals surface area contributed by atoms with Crippen LogP contribution in [0.1, 0.15) is 25.8 Å². The number of aryl methyl sites for hydroxylation is 1. The van der Waals surface area contributed by atoms with Crippen LogP contribution in [0.25, 0.3) is 0 Å². The lowest BCUT2D eigenvalue weighted by atomic mass is 10.0. The first kappa shape index (κ1) is 17.0. The van der Waals surface area contributed by atoms with E-state index in [1.165, 1.54) is 0 Å². The number of nitrogens with zero attached hydrogens (tertiary/aromatic N) is 1. The van der Waals surface area contributed by atoms with Gasteiger partial charge in [0.15, 0.2) is 0 Å². The Morgan fingerprint density at radius 1 is 1.26 bits per heavy atom. The minimum Gasteiger partial charge on any atom is -0.480 e. The molecule has 1 heterocycles. The Labute approximate surface area is 135 Å². The third-order valence-electron chi connectivity index (χ3n) is 4.07. The van der Waals surface area contributed by atoms with E-state index in [0.29, 0.717) is 0 Å². The summed E-state index contributed by atoms with van der Waals surface area (Å²) in [5.74, 6) is -2.31. The Hall–Kier alpha value is -2.37. The van der Waals surface area contributed by atoms with E-state index < -0.39 is 17.9 Å². The minimum atomic E-state index is -1.06. The predicted octanol–water partition coefficient (Wildman–Crippen LogP) is 1.57. The van der Waals surface area contributed by atoms with Gasteiger partial charge in [-0.2, -0.15) is 0 Å². The number of carbonyl (C=O) groups is 3. The Balaban J connectivity index is 2.05. The highest BCUT2D eigenvalue weighted by Crippen LogP contribution is 2.25. The number of amides is 2. The fourth-order valence-corrected chi connectivity index (χ4v) is 2.64. The molecule has 0 radical (unpaired) electrons. The third-order valence-corrected chi connectivity index (χ3v) is 4.07. The largest absolute Gasteiger partial charge is 0.480 e. The molecule has 1 saturated heterocycles. The highest BCUT2D eigenvalue weighted by atomic mass is 16.4. The van der Waals surface area contributed by atoms with E-state index in [1.54, 1.807) is 18.7 Å². The van der Waals surface area contributed by atoms with Gasteiger partial charge >= 0.3 is 5.97 Å². The van der Waals surface area contributed by atoms with Gasteiger partial charge in [-0.1, -0.05) is 31.5 Å². The molecule has 1 fully saturated rings. The fraction of sp³-hybridized carbons (Fsp3) is 0.471. The standard InChI is InChI=1S/C17H22N2O4/c1-10(2)15(17(22)23)18-16(21)12-8-14(20)19(9-12)13-6-4-11(3)5-7-13/h4-7,10,12,15H,8-9H2,1-3H3,(H,18,21)(H,22,23). The van der Waals surface area contributed by atoms with Crippen LogP contribution in [0, 0.1) is 18.8 Å². The second kappa shape index (κ2) is 6.81. The first-order valence-electron chi connectivity index (χ1n) is 7.69. The molecular formula is C17H22N2O4. The van der Waals surface area contributed by atoms with Crippen LogP contribution in [0.3, 0.4) is 0 Å². The second-order valence-electron chi connectivity index (χ2n) is 6.31. The van der Waals surface area contributed by atoms with Crippen molar-refractivity contribution < 1.29 is 19.5 Å². The molecule has 0 aliphatic carbocycles. The number of hydrogen-bond donors (Lipinski definition) is 2. The first-order chi connectivity index (χ1) is 10.8. The number of hydrogen-bond acceptors (Lipinski definition) is 3. The van der Waals surface area contributed by atoms with Crippen molar-refractivity contribution >= 4 is 23.5 Å². The SMILES string of the molecule is Cc1ccc(N2CC(C(=O)NC(C(=O)O)C(C)C)CC2=O)cc1. The van der Waals surface area contributed by atoms with E-state index in [4.69, 9.17) is 5.11 Å². The predicted molar refractivity (Wildman–Crippen MR) is 86.0 cm³/mol. The zero-order chi connectivity index (χ0) is 17.1. The van der Waals surface area contributed by atoms with Gasteiger partial charge in [0.25, 0.3) is 0 Å². The Kier molecular flexibility index (Phi) is 5.03. The molecule has 0 spiro atoms. The highest BCUT2D eigenvalue weighted by Gasteiger charge is 2.37. The number of anilines is 1. The smallest absolute Gasteiger partial charge is 0.326 e. The van der Waals surface area contributed by atoms with Crippen LogP contribution in [-0.4, -0.2) is 35.5 Å². The van der Waals surface area contributed by atoms with E-state index >= 15 is 0 Å². The van der Waals surface area contributed by atoms with Gasteiger partial charge in [0.05, 0.1) is 5.92 Å². The van der Waals surface area contributed by atoms with Crippen LogP contribution < -0.4 is 10.2 Å². The molecule has 1 aromatic carbocycles. The van der Waals surface area contributed by atoms with Crippen LogP contribution in [0.2, 0.25) is 0 Å². The molecule has 23 heavy (non-hydrogen) atoms. The second-order valence-corrected chi connectivity index (χ2v) is 6.31. The fourth-order valence-electron chi connectivity index (χ4n) is 2.64. The van der Waals surface area contributed by atoms with Gasteiger partial charge in [-0.3, -0.25) is 9.59 Å². The van der Waals surface area contributed by atoms with E-state index in [2.05, 4.69) is 5.32 Å². The molecule has 6 nitrogen and oxygen atoms in total. The van der Waals surface area contributed by atoms with E-state index in [0.717, 1.165) is 11.3 Å². The summed E-state index contributed by atoms with van der Waals surface area (Å²) in [6, 6.07) is 6.58. The van der Waals surface area contributed by atoms with Gasteiger partial charge in [0, 0.05) is 18.7 Å². The van der Waals surface area contributed by atoms with E-state index in [-0.39, 0.29) is 30.7 Å². The average molecular weight is 318 g/mol.